The van der Waals surface area contributed by atoms with Gasteiger partial charge in [-0.2, -0.15) is 0 Å². The van der Waals surface area contributed by atoms with E-state index in [1.54, 1.807) is 7.05 Å². The smallest absolute Gasteiger partial charge is 0.225 e. The van der Waals surface area contributed by atoms with E-state index in [2.05, 4.69) is 31.9 Å². The molecule has 0 aromatic heterocycles. The number of anilines is 1. The number of likely N-dealkylation sites (N-methyl/N-ethyl adjacent to an activating group) is 1. The Balaban J connectivity index is 1.56. The Labute approximate surface area is 178 Å². The van der Waals surface area contributed by atoms with Crippen LogP contribution in [0.4, 0.5) is 5.69 Å². The third-order valence-electron chi connectivity index (χ3n) is 5.06. The van der Waals surface area contributed by atoms with Gasteiger partial charge >= 0.3 is 0 Å². The van der Waals surface area contributed by atoms with Gasteiger partial charge in [0.05, 0.1) is 0 Å². The van der Waals surface area contributed by atoms with Gasteiger partial charge in [0.1, 0.15) is 12.4 Å². The van der Waals surface area contributed by atoms with E-state index in [4.69, 9.17) is 4.74 Å². The van der Waals surface area contributed by atoms with Gasteiger partial charge in [0, 0.05) is 50.3 Å². The molecule has 2 aromatic rings. The van der Waals surface area contributed by atoms with Gasteiger partial charge in [0.15, 0.2) is 5.96 Å². The first-order chi connectivity index (χ1) is 14.6. The third-order valence-corrected chi connectivity index (χ3v) is 5.06. The molecule has 0 radical (unpaired) electrons. The summed E-state index contributed by atoms with van der Waals surface area (Å²) in [6.45, 7) is 2.73. The zero-order valence-corrected chi connectivity index (χ0v) is 17.9. The molecule has 3 rings (SSSR count). The second-order valence-corrected chi connectivity index (χ2v) is 7.60. The quantitative estimate of drug-likeness (QED) is 0.461. The summed E-state index contributed by atoms with van der Waals surface area (Å²) >= 11 is 0. The highest BCUT2D eigenvalue weighted by atomic mass is 16.5. The third kappa shape index (κ3) is 5.97. The minimum atomic E-state index is 0.0484. The van der Waals surface area contributed by atoms with Crippen molar-refractivity contribution in [1.82, 2.24) is 15.5 Å². The van der Waals surface area contributed by atoms with Crippen molar-refractivity contribution >= 4 is 17.6 Å². The van der Waals surface area contributed by atoms with E-state index >= 15 is 0 Å². The number of hydrogen-bond donors (Lipinski definition) is 3. The van der Waals surface area contributed by atoms with Crippen molar-refractivity contribution in [2.24, 2.45) is 4.99 Å². The van der Waals surface area contributed by atoms with E-state index in [0.29, 0.717) is 32.1 Å². The average Bonchev–Trinajstić information content (AvgIpc) is 2.74. The molecule has 0 spiro atoms. The van der Waals surface area contributed by atoms with Crippen molar-refractivity contribution in [2.45, 2.75) is 18.9 Å². The van der Waals surface area contributed by atoms with Crippen molar-refractivity contribution in [3.05, 3.63) is 59.7 Å². The fraction of sp³-hybridized carbons (Fsp3) is 0.391. The minimum Gasteiger partial charge on any atom is -0.492 e. The normalized spacial score (nSPS) is 16.1. The van der Waals surface area contributed by atoms with Crippen LogP contribution in [0.25, 0.3) is 0 Å². The van der Waals surface area contributed by atoms with E-state index in [1.807, 2.05) is 56.6 Å². The Bertz CT molecular complexity index is 881. The number of guanidine groups is 1. The molecular formula is C23H31N5O2. The van der Waals surface area contributed by atoms with Gasteiger partial charge in [-0.15, -0.1) is 0 Å². The second kappa shape index (κ2) is 10.6. The molecule has 0 aliphatic carbocycles. The number of benzene rings is 2. The molecule has 1 heterocycles. The molecule has 7 nitrogen and oxygen atoms in total. The molecule has 160 valence electrons. The van der Waals surface area contributed by atoms with Crippen LogP contribution in [0.15, 0.2) is 53.5 Å². The molecule has 1 aliphatic heterocycles. The number of carbonyl (C=O) groups excluding carboxylic acids is 1. The summed E-state index contributed by atoms with van der Waals surface area (Å²) in [5, 5.41) is 9.65. The molecule has 1 unspecified atom stereocenters. The van der Waals surface area contributed by atoms with E-state index in [9.17, 15) is 4.79 Å². The van der Waals surface area contributed by atoms with Crippen molar-refractivity contribution in [3.63, 3.8) is 0 Å². The number of nitrogens with one attached hydrogen (secondary N) is 3. The molecule has 2 aromatic carbocycles. The molecule has 0 saturated carbocycles. The molecule has 1 aliphatic rings. The Kier molecular flexibility index (Phi) is 7.68. The summed E-state index contributed by atoms with van der Waals surface area (Å²) < 4.78 is 5.93. The monoisotopic (exact) mass is 409 g/mol. The topological polar surface area (TPSA) is 78.0 Å². The average molecular weight is 410 g/mol. The van der Waals surface area contributed by atoms with Crippen molar-refractivity contribution < 1.29 is 9.53 Å². The van der Waals surface area contributed by atoms with Gasteiger partial charge in [-0.3, -0.25) is 9.79 Å². The largest absolute Gasteiger partial charge is 0.492 e. The fourth-order valence-corrected chi connectivity index (χ4v) is 3.43. The molecular weight excluding hydrogens is 378 g/mol. The zero-order chi connectivity index (χ0) is 21.3. The van der Waals surface area contributed by atoms with Crippen LogP contribution in [-0.4, -0.2) is 57.6 Å². The highest BCUT2D eigenvalue weighted by Crippen LogP contribution is 2.31. The standard InChI is InChI=1S/C23H31N5O2/c1-24-23(25-15-17-8-4-7-11-21(17)30-13-12-28(2)3)26-16-18-14-22(29)27-20-10-6-5-9-19(18)20/h4-11,18H,12-16H2,1-3H3,(H,27,29)(H2,24,25,26). The maximum Gasteiger partial charge on any atom is 0.225 e. The number of aliphatic imine (C=N–C) groups is 1. The Morgan fingerprint density at radius 2 is 1.93 bits per heavy atom. The van der Waals surface area contributed by atoms with Gasteiger partial charge in [-0.25, -0.2) is 0 Å². The van der Waals surface area contributed by atoms with Crippen molar-refractivity contribution in [1.29, 1.82) is 0 Å². The van der Waals surface area contributed by atoms with E-state index in [0.717, 1.165) is 29.1 Å². The van der Waals surface area contributed by atoms with Crippen molar-refractivity contribution in [3.8, 4) is 5.75 Å². The number of fused-ring (bicyclic) bond motifs is 1. The minimum absolute atomic E-state index is 0.0484. The van der Waals surface area contributed by atoms with Crippen molar-refractivity contribution in [2.75, 3.05) is 46.2 Å². The summed E-state index contributed by atoms with van der Waals surface area (Å²) in [4.78, 5) is 18.4. The molecule has 1 amide bonds. The molecule has 7 heteroatoms. The molecule has 1 atom stereocenters. The second-order valence-electron chi connectivity index (χ2n) is 7.60. The molecule has 30 heavy (non-hydrogen) atoms. The summed E-state index contributed by atoms with van der Waals surface area (Å²) in [7, 11) is 5.80. The lowest BCUT2D eigenvalue weighted by atomic mass is 9.90. The number of rotatable bonds is 8. The SMILES string of the molecule is CN=C(NCc1ccccc1OCCN(C)C)NCC1CC(=O)Nc2ccccc21. The summed E-state index contributed by atoms with van der Waals surface area (Å²) in [6, 6.07) is 16.0. The van der Waals surface area contributed by atoms with Gasteiger partial charge in [0.2, 0.25) is 5.91 Å². The summed E-state index contributed by atoms with van der Waals surface area (Å²) in [5.74, 6) is 1.73. The Morgan fingerprint density at radius 1 is 1.17 bits per heavy atom. The Morgan fingerprint density at radius 3 is 2.73 bits per heavy atom. The van der Waals surface area contributed by atoms with Crippen LogP contribution in [-0.2, 0) is 11.3 Å². The first-order valence-electron chi connectivity index (χ1n) is 10.3. The lowest BCUT2D eigenvalue weighted by Gasteiger charge is -2.26. The van der Waals surface area contributed by atoms with Crippen LogP contribution in [0.2, 0.25) is 0 Å². The van der Waals surface area contributed by atoms with E-state index < -0.39 is 0 Å². The molecule has 3 N–H and O–H groups in total. The summed E-state index contributed by atoms with van der Waals surface area (Å²) in [5.41, 5.74) is 3.12. The first-order valence-corrected chi connectivity index (χ1v) is 10.3. The van der Waals surface area contributed by atoms with Gasteiger partial charge in [-0.05, 0) is 31.8 Å². The summed E-state index contributed by atoms with van der Waals surface area (Å²) in [6.07, 6.45) is 0.462. The number of carbonyl (C=O) groups is 1. The first kappa shape index (κ1) is 21.6. The number of hydrogen-bond acceptors (Lipinski definition) is 4. The highest BCUT2D eigenvalue weighted by molar-refractivity contribution is 5.94. The Hall–Kier alpha value is -3.06. The number of amides is 1. The lowest BCUT2D eigenvalue weighted by Crippen LogP contribution is -2.40. The lowest BCUT2D eigenvalue weighted by molar-refractivity contribution is -0.116. The predicted molar refractivity (Wildman–Crippen MR) is 121 cm³/mol. The fourth-order valence-electron chi connectivity index (χ4n) is 3.43. The van der Waals surface area contributed by atoms with E-state index in [1.165, 1.54) is 0 Å². The molecule has 0 saturated heterocycles. The maximum atomic E-state index is 12.0. The van der Waals surface area contributed by atoms with E-state index in [-0.39, 0.29) is 11.8 Å². The van der Waals surface area contributed by atoms with Crippen LogP contribution < -0.4 is 20.7 Å². The van der Waals surface area contributed by atoms with Crippen LogP contribution in [0.5, 0.6) is 5.75 Å². The number of para-hydroxylation sites is 2. The van der Waals surface area contributed by atoms with Crippen LogP contribution in [0.1, 0.15) is 23.5 Å². The highest BCUT2D eigenvalue weighted by Gasteiger charge is 2.24. The van der Waals surface area contributed by atoms with Crippen LogP contribution in [0.3, 0.4) is 0 Å². The number of ether oxygens (including phenoxy) is 1. The van der Waals surface area contributed by atoms with Crippen LogP contribution >= 0.6 is 0 Å². The van der Waals surface area contributed by atoms with Gasteiger partial charge < -0.3 is 25.6 Å². The zero-order valence-electron chi connectivity index (χ0n) is 17.9. The molecule has 0 fully saturated rings. The maximum absolute atomic E-state index is 12.0. The number of nitrogens with zero attached hydrogens (tertiary/aromatic N) is 2. The van der Waals surface area contributed by atoms with Gasteiger partial charge in [-0.1, -0.05) is 36.4 Å². The molecule has 0 bridgehead atoms. The van der Waals surface area contributed by atoms with Crippen LogP contribution in [0, 0.1) is 0 Å². The van der Waals surface area contributed by atoms with Gasteiger partial charge in [0.25, 0.3) is 0 Å². The predicted octanol–water partition coefficient (Wildman–Crippen LogP) is 2.42.